The number of carbonyl (C=O) groups is 2. The Labute approximate surface area is 146 Å². The van der Waals surface area contributed by atoms with Crippen molar-refractivity contribution in [3.05, 3.63) is 58.3 Å². The van der Waals surface area contributed by atoms with Gasteiger partial charge in [-0.3, -0.25) is 9.59 Å². The Kier molecular flexibility index (Phi) is 6.52. The number of likely N-dealkylation sites (N-methyl/N-ethyl adjacent to an activating group) is 2. The smallest absolute Gasteiger partial charge is 0.277 e. The molecule has 1 aromatic carbocycles. The predicted molar refractivity (Wildman–Crippen MR) is 96.1 cm³/mol. The molecule has 128 valence electrons. The first-order valence-corrected chi connectivity index (χ1v) is 8.74. The molecule has 5 nitrogen and oxygen atoms in total. The van der Waals surface area contributed by atoms with Gasteiger partial charge in [0, 0.05) is 19.0 Å². The van der Waals surface area contributed by atoms with Gasteiger partial charge in [0.15, 0.2) is 13.1 Å². The van der Waals surface area contributed by atoms with E-state index < -0.39 is 0 Å². The summed E-state index contributed by atoms with van der Waals surface area (Å²) in [6.45, 7) is 0.559. The van der Waals surface area contributed by atoms with Crippen LogP contribution in [0.2, 0.25) is 0 Å². The molecule has 6 heteroatoms. The van der Waals surface area contributed by atoms with Crippen LogP contribution in [0.4, 0.5) is 0 Å². The number of nitrogens with zero attached hydrogens (tertiary/aromatic N) is 1. The molecular formula is C18H24N3O2S+. The number of hydrogen-bond donors (Lipinski definition) is 2. The first-order chi connectivity index (χ1) is 11.5. The van der Waals surface area contributed by atoms with Gasteiger partial charge in [-0.2, -0.15) is 0 Å². The zero-order valence-corrected chi connectivity index (χ0v) is 15.1. The molecule has 2 rings (SSSR count). The second kappa shape index (κ2) is 8.61. The van der Waals surface area contributed by atoms with Crippen LogP contribution in [0, 0.1) is 0 Å². The fourth-order valence-electron chi connectivity index (χ4n) is 2.38. The minimum absolute atomic E-state index is 0.0122. The molecule has 1 unspecified atom stereocenters. The molecule has 0 saturated carbocycles. The highest BCUT2D eigenvalue weighted by atomic mass is 32.1. The van der Waals surface area contributed by atoms with E-state index >= 15 is 0 Å². The number of nitrogens with one attached hydrogen (secondary N) is 2. The first kappa shape index (κ1) is 18.2. The summed E-state index contributed by atoms with van der Waals surface area (Å²) in [7, 11) is 5.29. The average Bonchev–Trinajstić information content (AvgIpc) is 3.07. The Balaban J connectivity index is 2.02. The lowest BCUT2D eigenvalue weighted by Gasteiger charge is -2.20. The number of amides is 2. The Morgan fingerprint density at radius 2 is 1.83 bits per heavy atom. The van der Waals surface area contributed by atoms with Crippen LogP contribution in [-0.4, -0.2) is 50.9 Å². The van der Waals surface area contributed by atoms with E-state index in [0.29, 0.717) is 6.54 Å². The van der Waals surface area contributed by atoms with Gasteiger partial charge < -0.3 is 15.1 Å². The van der Waals surface area contributed by atoms with E-state index in [9.17, 15) is 9.59 Å². The lowest BCUT2D eigenvalue weighted by molar-refractivity contribution is -0.862. The molecule has 0 bridgehead atoms. The van der Waals surface area contributed by atoms with Gasteiger partial charge in [0.05, 0.1) is 13.1 Å². The van der Waals surface area contributed by atoms with E-state index in [4.69, 9.17) is 0 Å². The van der Waals surface area contributed by atoms with Crippen molar-refractivity contribution < 1.29 is 14.5 Å². The highest BCUT2D eigenvalue weighted by molar-refractivity contribution is 7.10. The van der Waals surface area contributed by atoms with Gasteiger partial charge in [0.1, 0.15) is 0 Å². The fraction of sp³-hybridized carbons (Fsp3) is 0.333. The van der Waals surface area contributed by atoms with Gasteiger partial charge in [-0.05, 0) is 17.0 Å². The Bertz CT molecular complexity index is 656. The van der Waals surface area contributed by atoms with E-state index in [1.54, 1.807) is 30.3 Å². The standard InChI is InChI=1S/C18H23N3O2S/c1-20(2)17(23)13-21(3)12-16(22)19-18(15-10-7-11-24-15)14-8-5-4-6-9-14/h4-11,18H,12-13H2,1-3H3,(H,19,22)/p+1/t18-/m0/s1. The third kappa shape index (κ3) is 5.18. The molecule has 0 fully saturated rings. The molecule has 0 saturated heterocycles. The van der Waals surface area contributed by atoms with E-state index in [0.717, 1.165) is 15.3 Å². The summed E-state index contributed by atoms with van der Waals surface area (Å²) in [5, 5.41) is 5.10. The summed E-state index contributed by atoms with van der Waals surface area (Å²) >= 11 is 1.62. The summed E-state index contributed by atoms with van der Waals surface area (Å²) < 4.78 is 0. The fourth-order valence-corrected chi connectivity index (χ4v) is 3.19. The summed E-state index contributed by atoms with van der Waals surface area (Å²) in [5.74, 6) is -0.0560. The largest absolute Gasteiger partial charge is 0.344 e. The molecule has 0 aliphatic rings. The number of quaternary nitrogens is 1. The molecule has 2 aromatic rings. The van der Waals surface area contributed by atoms with Gasteiger partial charge in [0.25, 0.3) is 11.8 Å². The van der Waals surface area contributed by atoms with E-state index in [-0.39, 0.29) is 24.4 Å². The first-order valence-electron chi connectivity index (χ1n) is 7.86. The number of carbonyl (C=O) groups excluding carboxylic acids is 2. The van der Waals surface area contributed by atoms with Crippen LogP contribution in [0.3, 0.4) is 0 Å². The van der Waals surface area contributed by atoms with Crippen LogP contribution in [0.5, 0.6) is 0 Å². The van der Waals surface area contributed by atoms with Gasteiger partial charge in [-0.15, -0.1) is 11.3 Å². The van der Waals surface area contributed by atoms with Crippen molar-refractivity contribution in [2.24, 2.45) is 0 Å². The third-order valence-electron chi connectivity index (χ3n) is 3.68. The van der Waals surface area contributed by atoms with Gasteiger partial charge in [-0.25, -0.2) is 0 Å². The van der Waals surface area contributed by atoms with Crippen LogP contribution in [0.1, 0.15) is 16.5 Å². The van der Waals surface area contributed by atoms with E-state index in [2.05, 4.69) is 5.32 Å². The Hall–Kier alpha value is -2.18. The lowest BCUT2D eigenvalue weighted by Crippen LogP contribution is -3.11. The van der Waals surface area contributed by atoms with Crippen LogP contribution in [0.15, 0.2) is 47.8 Å². The molecule has 0 spiro atoms. The van der Waals surface area contributed by atoms with E-state index in [1.165, 1.54) is 0 Å². The molecule has 2 amide bonds. The number of thiophene rings is 1. The van der Waals surface area contributed by atoms with Crippen LogP contribution >= 0.6 is 11.3 Å². The molecule has 1 aromatic heterocycles. The van der Waals surface area contributed by atoms with Gasteiger partial charge in [0.2, 0.25) is 0 Å². The molecule has 1 heterocycles. The predicted octanol–water partition coefficient (Wildman–Crippen LogP) is 0.557. The van der Waals surface area contributed by atoms with E-state index in [1.807, 2.05) is 54.9 Å². The molecule has 2 N–H and O–H groups in total. The van der Waals surface area contributed by atoms with Crippen molar-refractivity contribution in [3.8, 4) is 0 Å². The quantitative estimate of drug-likeness (QED) is 0.770. The molecule has 0 aliphatic heterocycles. The normalized spacial score (nSPS) is 13.1. The maximum absolute atomic E-state index is 12.4. The SMILES string of the molecule is CN(C)C(=O)C[NH+](C)CC(=O)N[C@@H](c1ccccc1)c1cccs1. The maximum Gasteiger partial charge on any atom is 0.277 e. The summed E-state index contributed by atoms with van der Waals surface area (Å²) in [6.07, 6.45) is 0. The van der Waals surface area contributed by atoms with Gasteiger partial charge >= 0.3 is 0 Å². The lowest BCUT2D eigenvalue weighted by atomic mass is 10.1. The van der Waals surface area contributed by atoms with Gasteiger partial charge in [-0.1, -0.05) is 36.4 Å². The Morgan fingerprint density at radius 1 is 1.12 bits per heavy atom. The summed E-state index contributed by atoms with van der Waals surface area (Å²) in [6, 6.07) is 13.8. The van der Waals surface area contributed by atoms with Crippen molar-refractivity contribution in [2.75, 3.05) is 34.2 Å². The van der Waals surface area contributed by atoms with Crippen molar-refractivity contribution in [2.45, 2.75) is 6.04 Å². The molecule has 24 heavy (non-hydrogen) atoms. The van der Waals surface area contributed by atoms with Crippen molar-refractivity contribution in [3.63, 3.8) is 0 Å². The zero-order valence-electron chi connectivity index (χ0n) is 14.3. The molecule has 0 aliphatic carbocycles. The van der Waals surface area contributed by atoms with Crippen LogP contribution < -0.4 is 10.2 Å². The second-order valence-electron chi connectivity index (χ2n) is 6.03. The topological polar surface area (TPSA) is 53.9 Å². The highest BCUT2D eigenvalue weighted by Crippen LogP contribution is 2.25. The molecular weight excluding hydrogens is 322 g/mol. The Morgan fingerprint density at radius 3 is 2.42 bits per heavy atom. The summed E-state index contributed by atoms with van der Waals surface area (Å²) in [5.41, 5.74) is 1.05. The van der Waals surface area contributed by atoms with Crippen LogP contribution in [-0.2, 0) is 9.59 Å². The minimum Gasteiger partial charge on any atom is -0.344 e. The van der Waals surface area contributed by atoms with Crippen molar-refractivity contribution in [1.82, 2.24) is 10.2 Å². The minimum atomic E-state index is -0.156. The number of benzene rings is 1. The van der Waals surface area contributed by atoms with Crippen LogP contribution in [0.25, 0.3) is 0 Å². The third-order valence-corrected chi connectivity index (χ3v) is 4.62. The van der Waals surface area contributed by atoms with Crippen molar-refractivity contribution in [1.29, 1.82) is 0 Å². The number of hydrogen-bond acceptors (Lipinski definition) is 3. The monoisotopic (exact) mass is 346 g/mol. The average molecular weight is 346 g/mol. The molecule has 2 atom stereocenters. The maximum atomic E-state index is 12.4. The second-order valence-corrected chi connectivity index (χ2v) is 7.00. The zero-order chi connectivity index (χ0) is 17.5. The number of rotatable bonds is 7. The summed E-state index contributed by atoms with van der Waals surface area (Å²) in [4.78, 5) is 27.7. The molecule has 0 radical (unpaired) electrons. The highest BCUT2D eigenvalue weighted by Gasteiger charge is 2.21. The van der Waals surface area contributed by atoms with Crippen molar-refractivity contribution >= 4 is 23.2 Å².